The normalized spacial score (nSPS) is 21.8. The van der Waals surface area contributed by atoms with Gasteiger partial charge in [0.25, 0.3) is 6.10 Å². The summed E-state index contributed by atoms with van der Waals surface area (Å²) in [7, 11) is 0. The summed E-state index contributed by atoms with van der Waals surface area (Å²) < 4.78 is 94.0. The van der Waals surface area contributed by atoms with Crippen molar-refractivity contribution in [1.82, 2.24) is 9.80 Å². The molecule has 0 saturated carbocycles. The molecular weight excluding hydrogens is 531 g/mol. The van der Waals surface area contributed by atoms with Gasteiger partial charge in [0, 0.05) is 39.3 Å². The third-order valence-electron chi connectivity index (χ3n) is 7.62. The molecule has 3 heterocycles. The van der Waals surface area contributed by atoms with E-state index >= 15 is 0 Å². The molecule has 1 aromatic rings. The van der Waals surface area contributed by atoms with E-state index in [2.05, 4.69) is 14.5 Å². The minimum Gasteiger partial charge on any atom is -0.426 e. The molecule has 1 spiro atoms. The number of hydrogen-bond donors (Lipinski definition) is 0. The van der Waals surface area contributed by atoms with Gasteiger partial charge >= 0.3 is 18.4 Å². The van der Waals surface area contributed by atoms with Crippen LogP contribution in [0.3, 0.4) is 0 Å². The summed E-state index contributed by atoms with van der Waals surface area (Å²) >= 11 is 6.52. The van der Waals surface area contributed by atoms with E-state index in [1.54, 1.807) is 0 Å². The number of halogens is 8. The van der Waals surface area contributed by atoms with Gasteiger partial charge in [-0.15, -0.1) is 0 Å². The number of alkyl halides is 7. The fourth-order valence-corrected chi connectivity index (χ4v) is 5.90. The summed E-state index contributed by atoms with van der Waals surface area (Å²) in [5, 5.41) is 0.603. The van der Waals surface area contributed by atoms with Crippen molar-refractivity contribution in [1.29, 1.82) is 0 Å². The lowest BCUT2D eigenvalue weighted by Gasteiger charge is -2.39. The van der Waals surface area contributed by atoms with Gasteiger partial charge in [-0.2, -0.15) is 26.3 Å². The molecule has 4 rings (SSSR count). The number of benzene rings is 1. The van der Waals surface area contributed by atoms with Crippen LogP contribution in [-0.2, 0) is 11.3 Å². The summed E-state index contributed by atoms with van der Waals surface area (Å²) in [6, 6.07) is 5.67. The Morgan fingerprint density at radius 1 is 1.00 bits per heavy atom. The number of piperidine rings is 2. The monoisotopic (exact) mass is 559 g/mol. The lowest BCUT2D eigenvalue weighted by molar-refractivity contribution is -0.308. The third kappa shape index (κ3) is 6.55. The molecule has 0 aliphatic carbocycles. The van der Waals surface area contributed by atoms with E-state index in [0.717, 1.165) is 29.1 Å². The molecule has 0 N–H and O–H groups in total. The summed E-state index contributed by atoms with van der Waals surface area (Å²) in [5.41, 5.74) is 1.74. The predicted molar refractivity (Wildman–Crippen MR) is 123 cm³/mol. The van der Waals surface area contributed by atoms with Gasteiger partial charge in [-0.25, -0.2) is 9.18 Å². The van der Waals surface area contributed by atoms with E-state index in [4.69, 9.17) is 11.6 Å². The maximum absolute atomic E-state index is 13.6. The average molecular weight is 560 g/mol. The van der Waals surface area contributed by atoms with Crippen LogP contribution in [0.2, 0.25) is 5.02 Å². The van der Waals surface area contributed by atoms with E-state index in [0.29, 0.717) is 56.9 Å². The van der Waals surface area contributed by atoms with Crippen LogP contribution in [0.4, 0.5) is 41.2 Å². The van der Waals surface area contributed by atoms with E-state index in [1.165, 1.54) is 0 Å². The van der Waals surface area contributed by atoms with E-state index in [9.17, 15) is 35.5 Å². The van der Waals surface area contributed by atoms with Crippen LogP contribution in [0, 0.1) is 5.41 Å². The Labute approximate surface area is 215 Å². The number of carbonyl (C=O) groups excluding carboxylic acids is 1. The smallest absolute Gasteiger partial charge is 0.426 e. The second-order valence-electron chi connectivity index (χ2n) is 10.2. The van der Waals surface area contributed by atoms with Gasteiger partial charge in [-0.3, -0.25) is 4.90 Å². The fraction of sp³-hybridized carbons (Fsp3) is 0.708. The highest BCUT2D eigenvalue weighted by Gasteiger charge is 2.60. The summed E-state index contributed by atoms with van der Waals surface area (Å²) in [6.45, 7) is 3.26. The summed E-state index contributed by atoms with van der Waals surface area (Å²) in [5.74, 6) is 0. The Hall–Kier alpha value is -1.95. The number of amides is 1. The van der Waals surface area contributed by atoms with E-state index in [-0.39, 0.29) is 18.5 Å². The number of likely N-dealkylation sites (tertiary alicyclic amines) is 2. The first-order valence-corrected chi connectivity index (χ1v) is 12.6. The highest BCUT2D eigenvalue weighted by Crippen LogP contribution is 2.43. The molecule has 5 nitrogen and oxygen atoms in total. The minimum atomic E-state index is -5.74. The van der Waals surface area contributed by atoms with Crippen molar-refractivity contribution in [3.8, 4) is 0 Å². The quantitative estimate of drug-likeness (QED) is 0.412. The Morgan fingerprint density at radius 2 is 1.59 bits per heavy atom. The molecule has 0 atom stereocenters. The molecule has 3 aliphatic heterocycles. The molecule has 0 unspecified atom stereocenters. The van der Waals surface area contributed by atoms with E-state index in [1.807, 2.05) is 18.2 Å². The van der Waals surface area contributed by atoms with Crippen LogP contribution < -0.4 is 4.90 Å². The molecule has 37 heavy (non-hydrogen) atoms. The van der Waals surface area contributed by atoms with Gasteiger partial charge in [0.15, 0.2) is 0 Å². The van der Waals surface area contributed by atoms with Crippen molar-refractivity contribution in [2.75, 3.05) is 44.2 Å². The van der Waals surface area contributed by atoms with Gasteiger partial charge < -0.3 is 14.5 Å². The zero-order valence-corrected chi connectivity index (χ0v) is 20.8. The van der Waals surface area contributed by atoms with Gasteiger partial charge in [-0.05, 0) is 55.7 Å². The fourth-order valence-electron chi connectivity index (χ4n) is 5.58. The number of anilines is 1. The summed E-state index contributed by atoms with van der Waals surface area (Å²) in [6.07, 6.45) is -15.4. The summed E-state index contributed by atoms with van der Waals surface area (Å²) in [4.78, 5) is 17.4. The third-order valence-corrected chi connectivity index (χ3v) is 7.92. The van der Waals surface area contributed by atoms with Gasteiger partial charge in [-0.1, -0.05) is 23.7 Å². The molecule has 1 amide bonds. The van der Waals surface area contributed by atoms with Crippen molar-refractivity contribution < 1.29 is 40.3 Å². The molecule has 0 radical (unpaired) electrons. The first-order valence-electron chi connectivity index (χ1n) is 12.3. The van der Waals surface area contributed by atoms with Crippen LogP contribution in [0.1, 0.15) is 37.7 Å². The maximum atomic E-state index is 13.6. The molecule has 208 valence electrons. The van der Waals surface area contributed by atoms with Crippen molar-refractivity contribution in [3.05, 3.63) is 28.8 Å². The average Bonchev–Trinajstić information content (AvgIpc) is 3.19. The van der Waals surface area contributed by atoms with Crippen LogP contribution >= 0.6 is 11.6 Å². The van der Waals surface area contributed by atoms with Crippen molar-refractivity contribution >= 4 is 23.4 Å². The number of hydrogen-bond acceptors (Lipinski definition) is 4. The van der Waals surface area contributed by atoms with E-state index < -0.39 is 30.7 Å². The second-order valence-corrected chi connectivity index (χ2v) is 10.6. The van der Waals surface area contributed by atoms with Crippen molar-refractivity contribution in [2.24, 2.45) is 5.41 Å². The largest absolute Gasteiger partial charge is 0.434 e. The first kappa shape index (κ1) is 28.1. The van der Waals surface area contributed by atoms with Crippen LogP contribution in [0.25, 0.3) is 0 Å². The van der Waals surface area contributed by atoms with Crippen molar-refractivity contribution in [3.63, 3.8) is 0 Å². The van der Waals surface area contributed by atoms with Crippen LogP contribution in [-0.4, -0.2) is 79.8 Å². The second kappa shape index (κ2) is 10.7. The number of nitrogens with zero attached hydrogens (tertiary/aromatic N) is 3. The molecule has 3 aliphatic rings. The molecule has 1 aromatic carbocycles. The molecule has 13 heteroatoms. The van der Waals surface area contributed by atoms with Gasteiger partial charge in [0.1, 0.15) is 6.17 Å². The highest BCUT2D eigenvalue weighted by molar-refractivity contribution is 6.33. The predicted octanol–water partition coefficient (Wildman–Crippen LogP) is 6.20. The SMILES string of the molecule is O=C(OC(C(F)(F)F)C(F)(F)F)N1CCC2(CCN(Cc3cccc(Cl)c3N3CCC(F)CC3)C2)CC1. The Bertz CT molecular complexity index is 945. The van der Waals surface area contributed by atoms with Crippen molar-refractivity contribution in [2.45, 2.75) is 63.3 Å². The highest BCUT2D eigenvalue weighted by atomic mass is 35.5. The van der Waals surface area contributed by atoms with Crippen LogP contribution in [0.5, 0.6) is 0 Å². The molecule has 0 bridgehead atoms. The first-order chi connectivity index (χ1) is 17.3. The minimum absolute atomic E-state index is 0.0235. The van der Waals surface area contributed by atoms with Gasteiger partial charge in [0.2, 0.25) is 0 Å². The number of ether oxygens (including phenoxy) is 1. The maximum Gasteiger partial charge on any atom is 0.434 e. The molecule has 3 saturated heterocycles. The molecule has 3 fully saturated rings. The zero-order valence-electron chi connectivity index (χ0n) is 20.1. The number of carbonyl (C=O) groups is 1. The standard InChI is InChI=1S/C24H29ClF7N3O2/c25-18-3-1-2-16(19(18)34-9-4-17(26)5-10-34)14-33-11-6-22(15-33)7-12-35(13-8-22)21(36)37-20(23(27,28)29)24(30,31)32/h1-3,17,20H,4-15H2. The Balaban J connectivity index is 1.35. The Morgan fingerprint density at radius 3 is 2.19 bits per heavy atom. The van der Waals surface area contributed by atoms with Crippen LogP contribution in [0.15, 0.2) is 18.2 Å². The lowest BCUT2D eigenvalue weighted by atomic mass is 9.78. The Kier molecular flexibility index (Phi) is 8.09. The van der Waals surface area contributed by atoms with Gasteiger partial charge in [0.05, 0.1) is 10.7 Å². The zero-order chi connectivity index (χ0) is 27.0. The molecular formula is C24H29ClF7N3O2. The molecule has 0 aromatic heterocycles. The lowest BCUT2D eigenvalue weighted by Crippen LogP contribution is -2.50. The number of rotatable bonds is 4. The number of para-hydroxylation sites is 1. The topological polar surface area (TPSA) is 36.0 Å².